The lowest BCUT2D eigenvalue weighted by Crippen LogP contribution is -2.36. The highest BCUT2D eigenvalue weighted by Gasteiger charge is 2.22. The third-order valence-corrected chi connectivity index (χ3v) is 6.30. The number of ether oxygens (including phenoxy) is 1. The standard InChI is InChI=1S/C28H30FN3O4/c1-19-6-2-3-8-21(19)15-31-28(35)25-18-32(16-23-10-5-13-36-23)17-24(26(25)33)27(34)30-12-11-20-7-4-9-22(29)14-20/h2-4,6-9,14,17-18,23H,5,10-13,15-16H2,1H3,(H,30,34)(H,31,35)/t23-/m0/s1. The van der Waals surface area contributed by atoms with Crippen molar-refractivity contribution in [2.24, 2.45) is 0 Å². The van der Waals surface area contributed by atoms with Crippen LogP contribution in [0.2, 0.25) is 0 Å². The van der Waals surface area contributed by atoms with Crippen LogP contribution in [-0.4, -0.2) is 35.6 Å². The third-order valence-electron chi connectivity index (χ3n) is 6.30. The molecule has 2 amide bonds. The second-order valence-corrected chi connectivity index (χ2v) is 8.99. The zero-order valence-electron chi connectivity index (χ0n) is 20.3. The van der Waals surface area contributed by atoms with E-state index in [0.717, 1.165) is 29.5 Å². The van der Waals surface area contributed by atoms with Crippen LogP contribution in [0.1, 0.15) is 50.2 Å². The largest absolute Gasteiger partial charge is 0.376 e. The van der Waals surface area contributed by atoms with Gasteiger partial charge in [0, 0.05) is 38.6 Å². The Kier molecular flexibility index (Phi) is 8.28. The van der Waals surface area contributed by atoms with E-state index in [1.54, 1.807) is 16.7 Å². The lowest BCUT2D eigenvalue weighted by molar-refractivity contribution is 0.0925. The number of pyridine rings is 1. The van der Waals surface area contributed by atoms with E-state index in [0.29, 0.717) is 19.6 Å². The summed E-state index contributed by atoms with van der Waals surface area (Å²) < 4.78 is 20.8. The van der Waals surface area contributed by atoms with Crippen molar-refractivity contribution in [1.29, 1.82) is 0 Å². The van der Waals surface area contributed by atoms with Crippen LogP contribution in [0, 0.1) is 12.7 Å². The van der Waals surface area contributed by atoms with Crippen molar-refractivity contribution in [3.05, 3.63) is 105 Å². The first-order valence-corrected chi connectivity index (χ1v) is 12.1. The molecule has 0 spiro atoms. The molecule has 1 saturated heterocycles. The number of hydrogen-bond acceptors (Lipinski definition) is 4. The minimum Gasteiger partial charge on any atom is -0.376 e. The normalized spacial score (nSPS) is 15.0. The van der Waals surface area contributed by atoms with Gasteiger partial charge in [0.15, 0.2) is 0 Å². The van der Waals surface area contributed by atoms with Crippen LogP contribution in [0.4, 0.5) is 4.39 Å². The molecule has 0 radical (unpaired) electrons. The molecule has 3 aromatic rings. The maximum Gasteiger partial charge on any atom is 0.257 e. The lowest BCUT2D eigenvalue weighted by atomic mass is 10.1. The summed E-state index contributed by atoms with van der Waals surface area (Å²) in [4.78, 5) is 39.2. The fourth-order valence-corrected chi connectivity index (χ4v) is 4.27. The lowest BCUT2D eigenvalue weighted by Gasteiger charge is -2.16. The molecule has 1 aliphatic heterocycles. The Morgan fingerprint density at radius 2 is 1.81 bits per heavy atom. The molecule has 2 N–H and O–H groups in total. The van der Waals surface area contributed by atoms with Gasteiger partial charge >= 0.3 is 0 Å². The third kappa shape index (κ3) is 6.46. The minimum absolute atomic E-state index is 0.0423. The highest BCUT2D eigenvalue weighted by atomic mass is 19.1. The van der Waals surface area contributed by atoms with Gasteiger partial charge in [-0.1, -0.05) is 36.4 Å². The number of amides is 2. The van der Waals surface area contributed by atoms with E-state index in [1.165, 1.54) is 24.5 Å². The maximum atomic E-state index is 13.4. The van der Waals surface area contributed by atoms with E-state index in [-0.39, 0.29) is 36.1 Å². The second kappa shape index (κ2) is 11.8. The number of hydrogen-bond donors (Lipinski definition) is 2. The quantitative estimate of drug-likeness (QED) is 0.480. The van der Waals surface area contributed by atoms with E-state index in [1.807, 2.05) is 31.2 Å². The van der Waals surface area contributed by atoms with Gasteiger partial charge in [0.2, 0.25) is 5.43 Å². The Balaban J connectivity index is 1.52. The number of aryl methyl sites for hydroxylation is 1. The number of nitrogens with zero attached hydrogens (tertiary/aromatic N) is 1. The highest BCUT2D eigenvalue weighted by Crippen LogP contribution is 2.15. The summed E-state index contributed by atoms with van der Waals surface area (Å²) in [5.41, 5.74) is 1.85. The predicted molar refractivity (Wildman–Crippen MR) is 134 cm³/mol. The smallest absolute Gasteiger partial charge is 0.257 e. The van der Waals surface area contributed by atoms with E-state index >= 15 is 0 Å². The van der Waals surface area contributed by atoms with Crippen molar-refractivity contribution in [3.8, 4) is 0 Å². The molecular formula is C28H30FN3O4. The Labute approximate surface area is 209 Å². The van der Waals surface area contributed by atoms with Crippen molar-refractivity contribution >= 4 is 11.8 Å². The summed E-state index contributed by atoms with van der Waals surface area (Å²) in [7, 11) is 0. The fraction of sp³-hybridized carbons (Fsp3) is 0.321. The molecule has 1 atom stereocenters. The zero-order valence-corrected chi connectivity index (χ0v) is 20.3. The van der Waals surface area contributed by atoms with Gasteiger partial charge in [-0.3, -0.25) is 14.4 Å². The number of halogens is 1. The molecule has 0 bridgehead atoms. The molecule has 2 heterocycles. The van der Waals surface area contributed by atoms with Crippen LogP contribution in [0.5, 0.6) is 0 Å². The first-order chi connectivity index (χ1) is 17.4. The molecule has 0 saturated carbocycles. The molecule has 0 unspecified atom stereocenters. The predicted octanol–water partition coefficient (Wildman–Crippen LogP) is 3.38. The minimum atomic E-state index is -0.635. The molecule has 8 heteroatoms. The van der Waals surface area contributed by atoms with Crippen LogP contribution < -0.4 is 16.1 Å². The maximum absolute atomic E-state index is 13.4. The monoisotopic (exact) mass is 491 g/mol. The Hall–Kier alpha value is -3.78. The summed E-state index contributed by atoms with van der Waals surface area (Å²) in [6.07, 6.45) is 5.14. The Morgan fingerprint density at radius 3 is 2.50 bits per heavy atom. The molecule has 188 valence electrons. The van der Waals surface area contributed by atoms with Crippen LogP contribution in [0.3, 0.4) is 0 Å². The molecule has 2 aromatic carbocycles. The van der Waals surface area contributed by atoms with Gasteiger partial charge in [0.05, 0.1) is 6.10 Å². The summed E-state index contributed by atoms with van der Waals surface area (Å²) in [6.45, 7) is 3.53. The van der Waals surface area contributed by atoms with Crippen molar-refractivity contribution < 1.29 is 18.7 Å². The van der Waals surface area contributed by atoms with Gasteiger partial charge in [-0.15, -0.1) is 0 Å². The topological polar surface area (TPSA) is 89.4 Å². The SMILES string of the molecule is Cc1ccccc1CNC(=O)c1cn(C[C@@H]2CCCO2)cc(C(=O)NCCc2cccc(F)c2)c1=O. The Bertz CT molecular complexity index is 1300. The number of rotatable bonds is 9. The number of carbonyl (C=O) groups is 2. The van der Waals surface area contributed by atoms with Crippen molar-refractivity contribution in [1.82, 2.24) is 15.2 Å². The fourth-order valence-electron chi connectivity index (χ4n) is 4.27. The molecule has 0 aliphatic carbocycles. The van der Waals surface area contributed by atoms with E-state index in [4.69, 9.17) is 4.74 Å². The zero-order chi connectivity index (χ0) is 25.5. The first kappa shape index (κ1) is 25.3. The highest BCUT2D eigenvalue weighted by molar-refractivity contribution is 5.99. The molecule has 7 nitrogen and oxygen atoms in total. The van der Waals surface area contributed by atoms with Crippen LogP contribution in [0.15, 0.2) is 65.7 Å². The number of carbonyl (C=O) groups excluding carboxylic acids is 2. The summed E-state index contributed by atoms with van der Waals surface area (Å²) in [6, 6.07) is 13.8. The average molecular weight is 492 g/mol. The number of benzene rings is 2. The van der Waals surface area contributed by atoms with Gasteiger partial charge in [0.1, 0.15) is 16.9 Å². The molecule has 1 aliphatic rings. The van der Waals surface area contributed by atoms with Crippen LogP contribution >= 0.6 is 0 Å². The van der Waals surface area contributed by atoms with Gasteiger partial charge in [-0.2, -0.15) is 0 Å². The van der Waals surface area contributed by atoms with Crippen molar-refractivity contribution in [2.45, 2.75) is 45.4 Å². The van der Waals surface area contributed by atoms with Gasteiger partial charge < -0.3 is 19.9 Å². The van der Waals surface area contributed by atoms with E-state index < -0.39 is 17.2 Å². The number of nitrogens with one attached hydrogen (secondary N) is 2. The van der Waals surface area contributed by atoms with E-state index in [9.17, 15) is 18.8 Å². The van der Waals surface area contributed by atoms with Crippen LogP contribution in [0.25, 0.3) is 0 Å². The summed E-state index contributed by atoms with van der Waals surface area (Å²) in [5.74, 6) is -1.47. The van der Waals surface area contributed by atoms with E-state index in [2.05, 4.69) is 10.6 Å². The summed E-state index contributed by atoms with van der Waals surface area (Å²) in [5, 5.41) is 5.53. The molecule has 1 aromatic heterocycles. The molecular weight excluding hydrogens is 461 g/mol. The Morgan fingerprint density at radius 1 is 1.06 bits per heavy atom. The second-order valence-electron chi connectivity index (χ2n) is 8.99. The molecule has 36 heavy (non-hydrogen) atoms. The van der Waals surface area contributed by atoms with Crippen molar-refractivity contribution in [2.75, 3.05) is 13.2 Å². The van der Waals surface area contributed by atoms with Gasteiger partial charge in [-0.05, 0) is 55.0 Å². The first-order valence-electron chi connectivity index (χ1n) is 12.1. The van der Waals surface area contributed by atoms with Crippen molar-refractivity contribution in [3.63, 3.8) is 0 Å². The average Bonchev–Trinajstić information content (AvgIpc) is 3.37. The molecule has 4 rings (SSSR count). The van der Waals surface area contributed by atoms with Gasteiger partial charge in [-0.25, -0.2) is 4.39 Å². The van der Waals surface area contributed by atoms with Gasteiger partial charge in [0.25, 0.3) is 11.8 Å². The molecule has 1 fully saturated rings. The number of aromatic nitrogens is 1. The summed E-state index contributed by atoms with van der Waals surface area (Å²) >= 11 is 0. The van der Waals surface area contributed by atoms with Crippen LogP contribution in [-0.2, 0) is 24.2 Å².